The average molecular weight is 258 g/mol. The molecule has 2 saturated heterocycles. The summed E-state index contributed by atoms with van der Waals surface area (Å²) in [5.74, 6) is 0.222. The van der Waals surface area contributed by atoms with Gasteiger partial charge < -0.3 is 10.2 Å². The Labute approximate surface area is 115 Å². The van der Waals surface area contributed by atoms with Crippen LogP contribution in [0, 0.1) is 19.3 Å². The van der Waals surface area contributed by atoms with Crippen LogP contribution in [0.25, 0.3) is 0 Å². The zero-order valence-electron chi connectivity index (χ0n) is 11.8. The number of nitrogens with one attached hydrogen (secondary N) is 1. The van der Waals surface area contributed by atoms with Gasteiger partial charge in [-0.15, -0.1) is 0 Å². The standard InChI is InChI=1S/C16H22N2O/c1-12-4-3-5-13(2)14(12)15(19)18-9-7-16(11-18)6-8-17-10-16/h3-5,17H,6-11H2,1-2H3. The van der Waals surface area contributed by atoms with Gasteiger partial charge in [-0.25, -0.2) is 0 Å². The van der Waals surface area contributed by atoms with Gasteiger partial charge >= 0.3 is 0 Å². The molecule has 2 aliphatic rings. The lowest BCUT2D eigenvalue weighted by Crippen LogP contribution is -2.34. The van der Waals surface area contributed by atoms with E-state index in [2.05, 4.69) is 10.2 Å². The summed E-state index contributed by atoms with van der Waals surface area (Å²) in [4.78, 5) is 14.8. The predicted molar refractivity (Wildman–Crippen MR) is 76.4 cm³/mol. The first-order valence-electron chi connectivity index (χ1n) is 7.18. The van der Waals surface area contributed by atoms with Gasteiger partial charge in [0.2, 0.25) is 0 Å². The van der Waals surface area contributed by atoms with Crippen molar-refractivity contribution < 1.29 is 4.79 Å². The third-order valence-corrected chi connectivity index (χ3v) is 4.75. The van der Waals surface area contributed by atoms with Gasteiger partial charge in [-0.3, -0.25) is 4.79 Å². The molecule has 0 saturated carbocycles. The van der Waals surface area contributed by atoms with E-state index in [0.29, 0.717) is 5.41 Å². The molecule has 1 aromatic rings. The Balaban J connectivity index is 1.82. The normalized spacial score (nSPS) is 26.3. The SMILES string of the molecule is Cc1cccc(C)c1C(=O)N1CCC2(CCNC2)C1. The molecule has 2 fully saturated rings. The molecule has 0 radical (unpaired) electrons. The summed E-state index contributed by atoms with van der Waals surface area (Å²) < 4.78 is 0. The van der Waals surface area contributed by atoms with Crippen LogP contribution in [0.4, 0.5) is 0 Å². The Morgan fingerprint density at radius 3 is 2.63 bits per heavy atom. The Kier molecular flexibility index (Phi) is 3.09. The van der Waals surface area contributed by atoms with Gasteiger partial charge in [-0.1, -0.05) is 18.2 Å². The van der Waals surface area contributed by atoms with Crippen LogP contribution in [0.1, 0.15) is 34.3 Å². The summed E-state index contributed by atoms with van der Waals surface area (Å²) in [5.41, 5.74) is 3.45. The van der Waals surface area contributed by atoms with E-state index in [4.69, 9.17) is 0 Å². The molecule has 2 aliphatic heterocycles. The van der Waals surface area contributed by atoms with Crippen LogP contribution in [0.15, 0.2) is 18.2 Å². The van der Waals surface area contributed by atoms with Gasteiger partial charge in [0.05, 0.1) is 0 Å². The van der Waals surface area contributed by atoms with Gasteiger partial charge in [-0.05, 0) is 44.4 Å². The van der Waals surface area contributed by atoms with Crippen LogP contribution >= 0.6 is 0 Å². The second kappa shape index (κ2) is 4.64. The van der Waals surface area contributed by atoms with Gasteiger partial charge in [0.15, 0.2) is 0 Å². The third kappa shape index (κ3) is 2.16. The maximum Gasteiger partial charge on any atom is 0.254 e. The number of benzene rings is 1. The van der Waals surface area contributed by atoms with E-state index in [-0.39, 0.29) is 5.91 Å². The molecular formula is C16H22N2O. The monoisotopic (exact) mass is 258 g/mol. The zero-order chi connectivity index (χ0) is 13.5. The molecule has 102 valence electrons. The van der Waals surface area contributed by atoms with E-state index in [0.717, 1.165) is 49.3 Å². The minimum Gasteiger partial charge on any atom is -0.338 e. The molecule has 1 aromatic carbocycles. The first-order chi connectivity index (χ1) is 9.11. The molecule has 1 amide bonds. The number of nitrogens with zero attached hydrogens (tertiary/aromatic N) is 1. The third-order valence-electron chi connectivity index (χ3n) is 4.75. The lowest BCUT2D eigenvalue weighted by atomic mass is 9.86. The molecule has 19 heavy (non-hydrogen) atoms. The van der Waals surface area contributed by atoms with Crippen LogP contribution in [0.5, 0.6) is 0 Å². The molecule has 3 heteroatoms. The van der Waals surface area contributed by atoms with E-state index in [1.807, 2.05) is 32.0 Å². The van der Waals surface area contributed by atoms with Crippen molar-refractivity contribution in [2.24, 2.45) is 5.41 Å². The number of carbonyl (C=O) groups excluding carboxylic acids is 1. The Bertz CT molecular complexity index is 483. The van der Waals surface area contributed by atoms with Crippen LogP contribution in [-0.4, -0.2) is 37.0 Å². The molecule has 1 N–H and O–H groups in total. The fourth-order valence-corrected chi connectivity index (χ4v) is 3.56. The molecule has 3 nitrogen and oxygen atoms in total. The summed E-state index contributed by atoms with van der Waals surface area (Å²) >= 11 is 0. The summed E-state index contributed by atoms with van der Waals surface area (Å²) in [6.07, 6.45) is 2.36. The first kappa shape index (κ1) is 12.7. The van der Waals surface area contributed by atoms with Crippen LogP contribution in [-0.2, 0) is 0 Å². The molecular weight excluding hydrogens is 236 g/mol. The minimum absolute atomic E-state index is 0.222. The lowest BCUT2D eigenvalue weighted by Gasteiger charge is -2.23. The van der Waals surface area contributed by atoms with E-state index in [9.17, 15) is 4.79 Å². The second-order valence-electron chi connectivity index (χ2n) is 6.17. The summed E-state index contributed by atoms with van der Waals surface area (Å²) in [6, 6.07) is 6.08. The average Bonchev–Trinajstić information content (AvgIpc) is 3.00. The highest BCUT2D eigenvalue weighted by molar-refractivity contribution is 5.97. The molecule has 0 aliphatic carbocycles. The highest BCUT2D eigenvalue weighted by Crippen LogP contribution is 2.36. The Hall–Kier alpha value is -1.35. The molecule has 3 rings (SSSR count). The van der Waals surface area contributed by atoms with Gasteiger partial charge in [-0.2, -0.15) is 0 Å². The summed E-state index contributed by atoms with van der Waals surface area (Å²) in [5, 5.41) is 3.44. The maximum atomic E-state index is 12.7. The molecule has 1 unspecified atom stereocenters. The highest BCUT2D eigenvalue weighted by atomic mass is 16.2. The largest absolute Gasteiger partial charge is 0.338 e. The fraction of sp³-hybridized carbons (Fsp3) is 0.562. The number of rotatable bonds is 1. The quantitative estimate of drug-likeness (QED) is 0.837. The van der Waals surface area contributed by atoms with E-state index < -0.39 is 0 Å². The Morgan fingerprint density at radius 2 is 2.00 bits per heavy atom. The van der Waals surface area contributed by atoms with Crippen LogP contribution in [0.2, 0.25) is 0 Å². The van der Waals surface area contributed by atoms with Crippen molar-refractivity contribution in [1.82, 2.24) is 10.2 Å². The number of amides is 1. The number of likely N-dealkylation sites (tertiary alicyclic amines) is 1. The van der Waals surface area contributed by atoms with Crippen molar-refractivity contribution >= 4 is 5.91 Å². The molecule has 1 spiro atoms. The topological polar surface area (TPSA) is 32.3 Å². The highest BCUT2D eigenvalue weighted by Gasteiger charge is 2.42. The number of hydrogen-bond donors (Lipinski definition) is 1. The first-order valence-corrected chi connectivity index (χ1v) is 7.18. The van der Waals surface area contributed by atoms with E-state index in [1.54, 1.807) is 0 Å². The molecule has 0 bridgehead atoms. The molecule has 1 atom stereocenters. The van der Waals surface area contributed by atoms with Crippen molar-refractivity contribution in [2.75, 3.05) is 26.2 Å². The van der Waals surface area contributed by atoms with Gasteiger partial charge in [0, 0.05) is 30.6 Å². The lowest BCUT2D eigenvalue weighted by molar-refractivity contribution is 0.0774. The van der Waals surface area contributed by atoms with Crippen molar-refractivity contribution in [3.8, 4) is 0 Å². The number of aryl methyl sites for hydroxylation is 2. The second-order valence-corrected chi connectivity index (χ2v) is 6.17. The van der Waals surface area contributed by atoms with Crippen molar-refractivity contribution in [1.29, 1.82) is 0 Å². The predicted octanol–water partition coefficient (Wildman–Crippen LogP) is 2.13. The van der Waals surface area contributed by atoms with Gasteiger partial charge in [0.1, 0.15) is 0 Å². The smallest absolute Gasteiger partial charge is 0.254 e. The van der Waals surface area contributed by atoms with E-state index >= 15 is 0 Å². The molecule has 0 aromatic heterocycles. The van der Waals surface area contributed by atoms with Crippen molar-refractivity contribution in [2.45, 2.75) is 26.7 Å². The van der Waals surface area contributed by atoms with Crippen LogP contribution in [0.3, 0.4) is 0 Å². The van der Waals surface area contributed by atoms with Crippen molar-refractivity contribution in [3.63, 3.8) is 0 Å². The molecule has 2 heterocycles. The number of carbonyl (C=O) groups is 1. The number of hydrogen-bond acceptors (Lipinski definition) is 2. The van der Waals surface area contributed by atoms with E-state index in [1.165, 1.54) is 6.42 Å². The minimum atomic E-state index is 0.222. The zero-order valence-corrected chi connectivity index (χ0v) is 11.8. The summed E-state index contributed by atoms with van der Waals surface area (Å²) in [6.45, 7) is 8.07. The summed E-state index contributed by atoms with van der Waals surface area (Å²) in [7, 11) is 0. The van der Waals surface area contributed by atoms with Crippen molar-refractivity contribution in [3.05, 3.63) is 34.9 Å². The fourth-order valence-electron chi connectivity index (χ4n) is 3.56. The maximum absolute atomic E-state index is 12.7. The Morgan fingerprint density at radius 1 is 1.26 bits per heavy atom. The van der Waals surface area contributed by atoms with Gasteiger partial charge in [0.25, 0.3) is 5.91 Å². The van der Waals surface area contributed by atoms with Crippen LogP contribution < -0.4 is 5.32 Å².